The van der Waals surface area contributed by atoms with E-state index < -0.39 is 8.32 Å². The molecule has 1 aliphatic carbocycles. The van der Waals surface area contributed by atoms with E-state index in [1.165, 1.54) is 36.0 Å². The van der Waals surface area contributed by atoms with Gasteiger partial charge in [-0.3, -0.25) is 0 Å². The molecule has 0 radical (unpaired) electrons. The summed E-state index contributed by atoms with van der Waals surface area (Å²) in [5, 5.41) is 0. The van der Waals surface area contributed by atoms with Gasteiger partial charge in [0.05, 0.1) is 6.61 Å². The van der Waals surface area contributed by atoms with Crippen LogP contribution in [0.4, 0.5) is 0 Å². The fourth-order valence-electron chi connectivity index (χ4n) is 3.12. The van der Waals surface area contributed by atoms with Crippen LogP contribution < -0.4 is 0 Å². The van der Waals surface area contributed by atoms with Crippen molar-refractivity contribution in [1.29, 1.82) is 0 Å². The van der Waals surface area contributed by atoms with E-state index >= 15 is 0 Å². The summed E-state index contributed by atoms with van der Waals surface area (Å²) in [6, 6.07) is 0. The smallest absolute Gasteiger partial charge is 0.184 e. The molecule has 0 fully saturated rings. The lowest BCUT2D eigenvalue weighted by Gasteiger charge is -2.32. The summed E-state index contributed by atoms with van der Waals surface area (Å²) < 4.78 is 5.86. The third kappa shape index (κ3) is 8.69. The molecular weight excluding hydrogens is 320 g/mol. The Kier molecular flexibility index (Phi) is 8.36. The quantitative estimate of drug-likeness (QED) is 0.341. The van der Waals surface area contributed by atoms with E-state index in [4.69, 9.17) is 4.43 Å². The number of hydrogen-bond acceptors (Lipinski definition) is 1. The molecule has 0 atom stereocenters. The molecule has 0 spiro atoms. The largest absolute Gasteiger partial charge is 0.414 e. The molecule has 1 nitrogen and oxygen atoms in total. The molecule has 1 rings (SSSR count). The molecule has 2 heteroatoms. The van der Waals surface area contributed by atoms with Crippen molar-refractivity contribution in [2.45, 2.75) is 73.5 Å². The Hall–Kier alpha value is -1.12. The Morgan fingerprint density at radius 2 is 1.80 bits per heavy atom. The van der Waals surface area contributed by atoms with E-state index in [1.54, 1.807) is 5.57 Å². The van der Waals surface area contributed by atoms with Crippen molar-refractivity contribution in [3.05, 3.63) is 58.7 Å². The van der Waals surface area contributed by atoms with Crippen LogP contribution in [0.15, 0.2) is 58.7 Å². The Labute approximate surface area is 157 Å². The highest BCUT2D eigenvalue weighted by Gasteiger charge is 2.26. The minimum absolute atomic E-state index is 0.310. The Bertz CT molecular complexity index is 592. The van der Waals surface area contributed by atoms with Crippen LogP contribution in [0.2, 0.25) is 19.6 Å². The van der Waals surface area contributed by atoms with Crippen LogP contribution in [0.1, 0.15) is 53.9 Å². The van der Waals surface area contributed by atoms with Gasteiger partial charge in [-0.2, -0.15) is 0 Å². The molecule has 0 aromatic rings. The van der Waals surface area contributed by atoms with Crippen molar-refractivity contribution in [1.82, 2.24) is 0 Å². The standard InChI is InChI=1S/C23H38OSi/c1-19(11-9-12-20(2)16-18-24-25(6,7)8)14-15-22-21(3)13-10-17-23(22,4)5/h9,11-12,14-16H,10,13,17-18H2,1-8H3/b12-9+,15-14+,19-11+,20-16+. The van der Waals surface area contributed by atoms with Gasteiger partial charge in [-0.1, -0.05) is 67.0 Å². The maximum atomic E-state index is 5.86. The van der Waals surface area contributed by atoms with Gasteiger partial charge in [-0.15, -0.1) is 0 Å². The summed E-state index contributed by atoms with van der Waals surface area (Å²) in [5.74, 6) is 0. The van der Waals surface area contributed by atoms with Crippen LogP contribution in [0, 0.1) is 5.41 Å². The highest BCUT2D eigenvalue weighted by molar-refractivity contribution is 6.69. The maximum Gasteiger partial charge on any atom is 0.184 e. The predicted octanol–water partition coefficient (Wildman–Crippen LogP) is 7.37. The van der Waals surface area contributed by atoms with Crippen LogP contribution >= 0.6 is 0 Å². The number of allylic oxidation sites excluding steroid dienone is 9. The van der Waals surface area contributed by atoms with Gasteiger partial charge in [0, 0.05) is 0 Å². The summed E-state index contributed by atoms with van der Waals surface area (Å²) >= 11 is 0. The molecule has 0 aromatic carbocycles. The first-order valence-corrected chi connectivity index (χ1v) is 13.0. The monoisotopic (exact) mass is 358 g/mol. The lowest BCUT2D eigenvalue weighted by atomic mass is 9.72. The van der Waals surface area contributed by atoms with Crippen molar-refractivity contribution in [3.8, 4) is 0 Å². The highest BCUT2D eigenvalue weighted by atomic mass is 28.4. The van der Waals surface area contributed by atoms with Gasteiger partial charge < -0.3 is 4.43 Å². The zero-order valence-electron chi connectivity index (χ0n) is 17.7. The molecular formula is C23H38OSi. The van der Waals surface area contributed by atoms with E-state index in [-0.39, 0.29) is 0 Å². The van der Waals surface area contributed by atoms with E-state index in [0.29, 0.717) is 5.41 Å². The topological polar surface area (TPSA) is 9.23 Å². The highest BCUT2D eigenvalue weighted by Crippen LogP contribution is 2.40. The summed E-state index contributed by atoms with van der Waals surface area (Å²) in [7, 11) is -1.41. The van der Waals surface area contributed by atoms with E-state index in [1.807, 2.05) is 0 Å². The average Bonchev–Trinajstić information content (AvgIpc) is 2.44. The third-order valence-corrected chi connectivity index (χ3v) is 5.73. The second-order valence-corrected chi connectivity index (χ2v) is 13.4. The molecule has 0 aromatic heterocycles. The summed E-state index contributed by atoms with van der Waals surface area (Å²) in [5.41, 5.74) is 5.92. The van der Waals surface area contributed by atoms with Gasteiger partial charge >= 0.3 is 0 Å². The third-order valence-electron chi connectivity index (χ3n) is 4.70. The minimum atomic E-state index is -1.41. The molecule has 0 saturated carbocycles. The molecule has 1 aliphatic rings. The summed E-state index contributed by atoms with van der Waals surface area (Å²) in [6.45, 7) is 18.7. The molecule has 0 amide bonds. The van der Waals surface area contributed by atoms with Crippen molar-refractivity contribution < 1.29 is 4.43 Å². The first kappa shape index (κ1) is 21.9. The maximum absolute atomic E-state index is 5.86. The van der Waals surface area contributed by atoms with Gasteiger partial charge in [0.15, 0.2) is 8.32 Å². The first-order valence-electron chi connectivity index (χ1n) is 9.55. The van der Waals surface area contributed by atoms with E-state index in [0.717, 1.165) is 6.61 Å². The summed E-state index contributed by atoms with van der Waals surface area (Å²) in [4.78, 5) is 0. The van der Waals surface area contributed by atoms with Gasteiger partial charge in [-0.05, 0) is 70.7 Å². The molecule has 0 unspecified atom stereocenters. The normalized spacial score (nSPS) is 20.2. The summed E-state index contributed by atoms with van der Waals surface area (Å²) in [6.07, 6.45) is 17.1. The Morgan fingerprint density at radius 1 is 1.12 bits per heavy atom. The molecule has 0 saturated heterocycles. The SMILES string of the molecule is CC1=C(/C=C/C(C)=C/C=C/C(C)=C/CO[Si](C)(C)C)C(C)(C)CCC1. The van der Waals surface area contributed by atoms with Crippen molar-refractivity contribution in [2.24, 2.45) is 5.41 Å². The fourth-order valence-corrected chi connectivity index (χ4v) is 3.71. The van der Waals surface area contributed by atoms with Gasteiger partial charge in [0.1, 0.15) is 0 Å². The number of rotatable bonds is 7. The second-order valence-electron chi connectivity index (χ2n) is 8.91. The lowest BCUT2D eigenvalue weighted by molar-refractivity contribution is 0.357. The zero-order chi connectivity index (χ0) is 19.1. The van der Waals surface area contributed by atoms with Crippen molar-refractivity contribution in [3.63, 3.8) is 0 Å². The van der Waals surface area contributed by atoms with Crippen molar-refractivity contribution in [2.75, 3.05) is 6.61 Å². The second kappa shape index (κ2) is 9.54. The number of hydrogen-bond donors (Lipinski definition) is 0. The molecule has 140 valence electrons. The average molecular weight is 359 g/mol. The predicted molar refractivity (Wildman–Crippen MR) is 115 cm³/mol. The molecule has 0 N–H and O–H groups in total. The van der Waals surface area contributed by atoms with Crippen molar-refractivity contribution >= 4 is 8.32 Å². The lowest BCUT2D eigenvalue weighted by Crippen LogP contribution is -2.25. The van der Waals surface area contributed by atoms with Gasteiger partial charge in [0.25, 0.3) is 0 Å². The van der Waals surface area contributed by atoms with Gasteiger partial charge in [0.2, 0.25) is 0 Å². The van der Waals surface area contributed by atoms with Crippen LogP contribution in [0.5, 0.6) is 0 Å². The van der Waals surface area contributed by atoms with E-state index in [9.17, 15) is 0 Å². The van der Waals surface area contributed by atoms with Crippen LogP contribution in [-0.2, 0) is 4.43 Å². The first-order chi connectivity index (χ1) is 11.5. The minimum Gasteiger partial charge on any atom is -0.414 e. The Morgan fingerprint density at radius 3 is 2.40 bits per heavy atom. The van der Waals surface area contributed by atoms with Gasteiger partial charge in [-0.25, -0.2) is 0 Å². The zero-order valence-corrected chi connectivity index (χ0v) is 18.7. The van der Waals surface area contributed by atoms with Crippen LogP contribution in [-0.4, -0.2) is 14.9 Å². The fraction of sp³-hybridized carbons (Fsp3) is 0.565. The molecule has 0 aliphatic heterocycles. The van der Waals surface area contributed by atoms with Crippen LogP contribution in [0.3, 0.4) is 0 Å². The molecule has 0 bridgehead atoms. The molecule has 0 heterocycles. The van der Waals surface area contributed by atoms with E-state index in [2.05, 4.69) is 90.7 Å². The van der Waals surface area contributed by atoms with Crippen LogP contribution in [0.25, 0.3) is 0 Å². The Balaban J connectivity index is 2.65. The molecule has 25 heavy (non-hydrogen) atoms.